The topological polar surface area (TPSA) is 47.6 Å². The maximum atomic E-state index is 12.3. The summed E-state index contributed by atoms with van der Waals surface area (Å²) in [5, 5.41) is 3.45. The molecule has 0 radical (unpaired) electrons. The molecule has 2 aromatic carbocycles. The zero-order chi connectivity index (χ0) is 18.2. The van der Waals surface area contributed by atoms with Crippen LogP contribution in [0.2, 0.25) is 5.02 Å². The summed E-state index contributed by atoms with van der Waals surface area (Å²) in [5.41, 5.74) is 0. The van der Waals surface area contributed by atoms with Crippen LogP contribution in [0.5, 0.6) is 11.5 Å². The fraction of sp³-hybridized carbons (Fsp3) is 0.316. The number of amides is 1. The average molecular weight is 380 g/mol. The Labute approximate surface area is 157 Å². The molecule has 0 saturated heterocycles. The minimum absolute atomic E-state index is 0.0224. The van der Waals surface area contributed by atoms with Crippen LogP contribution in [0.25, 0.3) is 0 Å². The van der Waals surface area contributed by atoms with E-state index in [1.165, 1.54) is 11.8 Å². The molecule has 6 heteroatoms. The maximum Gasteiger partial charge on any atom is 0.233 e. The summed E-state index contributed by atoms with van der Waals surface area (Å²) >= 11 is 7.37. The Kier molecular flexibility index (Phi) is 7.47. The smallest absolute Gasteiger partial charge is 0.233 e. The number of carbonyl (C=O) groups excluding carboxylic acids is 1. The Morgan fingerprint density at radius 2 is 1.68 bits per heavy atom. The van der Waals surface area contributed by atoms with Gasteiger partial charge in [-0.1, -0.05) is 11.6 Å². The van der Waals surface area contributed by atoms with Crippen LogP contribution in [0.1, 0.15) is 13.8 Å². The third-order valence-electron chi connectivity index (χ3n) is 3.44. The molecule has 2 atom stereocenters. The third kappa shape index (κ3) is 6.52. The number of halogens is 1. The van der Waals surface area contributed by atoms with Crippen LogP contribution in [0, 0.1) is 0 Å². The molecule has 0 heterocycles. The van der Waals surface area contributed by atoms with E-state index in [2.05, 4.69) is 5.32 Å². The second-order valence-electron chi connectivity index (χ2n) is 5.61. The van der Waals surface area contributed by atoms with Crippen molar-refractivity contribution in [2.45, 2.75) is 30.0 Å². The van der Waals surface area contributed by atoms with Gasteiger partial charge in [0, 0.05) is 9.92 Å². The first kappa shape index (κ1) is 19.5. The zero-order valence-corrected chi connectivity index (χ0v) is 16.1. The van der Waals surface area contributed by atoms with Crippen molar-refractivity contribution >= 4 is 29.3 Å². The van der Waals surface area contributed by atoms with Crippen molar-refractivity contribution in [3.63, 3.8) is 0 Å². The maximum absolute atomic E-state index is 12.3. The predicted octanol–water partition coefficient (Wildman–Crippen LogP) is 4.41. The van der Waals surface area contributed by atoms with E-state index in [4.69, 9.17) is 21.1 Å². The monoisotopic (exact) mass is 379 g/mol. The van der Waals surface area contributed by atoms with Gasteiger partial charge in [0.15, 0.2) is 0 Å². The van der Waals surface area contributed by atoms with Gasteiger partial charge in [-0.25, -0.2) is 0 Å². The largest absolute Gasteiger partial charge is 0.497 e. The van der Waals surface area contributed by atoms with Crippen LogP contribution in [0.15, 0.2) is 53.4 Å². The average Bonchev–Trinajstić information content (AvgIpc) is 2.62. The van der Waals surface area contributed by atoms with E-state index in [1.54, 1.807) is 7.11 Å². The van der Waals surface area contributed by atoms with Crippen molar-refractivity contribution < 1.29 is 14.3 Å². The normalized spacial score (nSPS) is 13.0. The molecule has 2 aromatic rings. The Hall–Kier alpha value is -1.85. The molecular weight excluding hydrogens is 358 g/mol. The number of rotatable bonds is 8. The van der Waals surface area contributed by atoms with Crippen LogP contribution >= 0.6 is 23.4 Å². The van der Waals surface area contributed by atoms with Crippen molar-refractivity contribution in [1.82, 2.24) is 5.32 Å². The van der Waals surface area contributed by atoms with Gasteiger partial charge in [-0.2, -0.15) is 0 Å². The number of hydrogen-bond donors (Lipinski definition) is 1. The standard InChI is InChI=1S/C19H22ClNO3S/c1-13(12-24-17-8-6-16(23-3)7-9-17)21-19(22)14(2)25-18-10-4-15(20)5-11-18/h4-11,13-14H,12H2,1-3H3,(H,21,22)/t13-,14+/m0/s1. The summed E-state index contributed by atoms with van der Waals surface area (Å²) in [7, 11) is 1.62. The molecule has 2 rings (SSSR count). The van der Waals surface area contributed by atoms with Crippen LogP contribution in [0.3, 0.4) is 0 Å². The lowest BCUT2D eigenvalue weighted by molar-refractivity contribution is -0.121. The van der Waals surface area contributed by atoms with Gasteiger partial charge in [0.2, 0.25) is 5.91 Å². The van der Waals surface area contributed by atoms with E-state index in [1.807, 2.05) is 62.4 Å². The molecule has 0 aromatic heterocycles. The number of methoxy groups -OCH3 is 1. The van der Waals surface area contributed by atoms with Gasteiger partial charge in [0.05, 0.1) is 18.4 Å². The quantitative estimate of drug-likeness (QED) is 0.690. The predicted molar refractivity (Wildman–Crippen MR) is 103 cm³/mol. The van der Waals surface area contributed by atoms with Crippen molar-refractivity contribution in [2.75, 3.05) is 13.7 Å². The molecule has 0 saturated carbocycles. The minimum Gasteiger partial charge on any atom is -0.497 e. The molecule has 4 nitrogen and oxygen atoms in total. The van der Waals surface area contributed by atoms with E-state index in [0.29, 0.717) is 11.6 Å². The van der Waals surface area contributed by atoms with Gasteiger partial charge >= 0.3 is 0 Å². The Morgan fingerprint density at radius 3 is 2.28 bits per heavy atom. The van der Waals surface area contributed by atoms with E-state index < -0.39 is 0 Å². The molecule has 0 unspecified atom stereocenters. The number of carbonyl (C=O) groups is 1. The van der Waals surface area contributed by atoms with Crippen LogP contribution in [-0.4, -0.2) is 30.9 Å². The number of thioether (sulfide) groups is 1. The number of benzene rings is 2. The molecular formula is C19H22ClNO3S. The molecule has 1 amide bonds. The molecule has 0 aliphatic rings. The number of nitrogens with one attached hydrogen (secondary N) is 1. The Bertz CT molecular complexity index is 676. The molecule has 1 N–H and O–H groups in total. The van der Waals surface area contributed by atoms with Crippen molar-refractivity contribution in [3.05, 3.63) is 53.6 Å². The summed E-state index contributed by atoms with van der Waals surface area (Å²) in [5.74, 6) is 1.50. The van der Waals surface area contributed by atoms with Gasteiger partial charge in [-0.15, -0.1) is 11.8 Å². The molecule has 0 fully saturated rings. The summed E-state index contributed by atoms with van der Waals surface area (Å²) in [6, 6.07) is 14.7. The summed E-state index contributed by atoms with van der Waals surface area (Å²) in [6.07, 6.45) is 0. The fourth-order valence-corrected chi connectivity index (χ4v) is 3.07. The Balaban J connectivity index is 1.77. The van der Waals surface area contributed by atoms with Crippen LogP contribution < -0.4 is 14.8 Å². The lowest BCUT2D eigenvalue weighted by atomic mass is 10.3. The molecule has 0 spiro atoms. The number of ether oxygens (including phenoxy) is 2. The lowest BCUT2D eigenvalue weighted by Gasteiger charge is -2.18. The molecule has 0 aliphatic heterocycles. The summed E-state index contributed by atoms with van der Waals surface area (Å²) in [6.45, 7) is 4.20. The van der Waals surface area contributed by atoms with Gasteiger partial charge in [0.25, 0.3) is 0 Å². The summed E-state index contributed by atoms with van der Waals surface area (Å²) < 4.78 is 10.8. The summed E-state index contributed by atoms with van der Waals surface area (Å²) in [4.78, 5) is 13.3. The first-order chi connectivity index (χ1) is 12.0. The highest BCUT2D eigenvalue weighted by Crippen LogP contribution is 2.24. The fourth-order valence-electron chi connectivity index (χ4n) is 2.07. The van der Waals surface area contributed by atoms with Crippen molar-refractivity contribution in [1.29, 1.82) is 0 Å². The molecule has 0 bridgehead atoms. The second kappa shape index (κ2) is 9.59. The van der Waals surface area contributed by atoms with Crippen molar-refractivity contribution in [2.24, 2.45) is 0 Å². The highest BCUT2D eigenvalue weighted by molar-refractivity contribution is 8.00. The van der Waals surface area contributed by atoms with Gasteiger partial charge in [-0.3, -0.25) is 4.79 Å². The highest BCUT2D eigenvalue weighted by atomic mass is 35.5. The second-order valence-corrected chi connectivity index (χ2v) is 7.46. The zero-order valence-electron chi connectivity index (χ0n) is 14.5. The van der Waals surface area contributed by atoms with E-state index in [0.717, 1.165) is 16.4 Å². The van der Waals surface area contributed by atoms with Crippen molar-refractivity contribution in [3.8, 4) is 11.5 Å². The van der Waals surface area contributed by atoms with E-state index in [9.17, 15) is 4.79 Å². The van der Waals surface area contributed by atoms with Crippen LogP contribution in [-0.2, 0) is 4.79 Å². The number of hydrogen-bond acceptors (Lipinski definition) is 4. The van der Waals surface area contributed by atoms with Gasteiger partial charge in [0.1, 0.15) is 18.1 Å². The lowest BCUT2D eigenvalue weighted by Crippen LogP contribution is -2.40. The third-order valence-corrected chi connectivity index (χ3v) is 4.81. The highest BCUT2D eigenvalue weighted by Gasteiger charge is 2.16. The molecule has 0 aliphatic carbocycles. The minimum atomic E-state index is -0.204. The van der Waals surface area contributed by atoms with E-state index in [-0.39, 0.29) is 17.2 Å². The molecule has 25 heavy (non-hydrogen) atoms. The first-order valence-electron chi connectivity index (χ1n) is 7.97. The van der Waals surface area contributed by atoms with E-state index >= 15 is 0 Å². The van der Waals surface area contributed by atoms with Crippen LogP contribution in [0.4, 0.5) is 0 Å². The Morgan fingerprint density at radius 1 is 1.08 bits per heavy atom. The first-order valence-corrected chi connectivity index (χ1v) is 9.23. The van der Waals surface area contributed by atoms with Gasteiger partial charge < -0.3 is 14.8 Å². The van der Waals surface area contributed by atoms with Gasteiger partial charge in [-0.05, 0) is 62.4 Å². The SMILES string of the molecule is COc1ccc(OC[C@H](C)NC(=O)[C@@H](C)Sc2ccc(Cl)cc2)cc1. The molecule has 134 valence electrons.